The number of aromatic nitrogens is 2. The van der Waals surface area contributed by atoms with Crippen molar-refractivity contribution in [3.63, 3.8) is 0 Å². The Hall–Kier alpha value is -3.33. The van der Waals surface area contributed by atoms with E-state index >= 15 is 0 Å². The molecule has 2 amide bonds. The zero-order chi connectivity index (χ0) is 19.7. The van der Waals surface area contributed by atoms with Gasteiger partial charge in [0.25, 0.3) is 17.7 Å². The zero-order valence-corrected chi connectivity index (χ0v) is 15.7. The molecule has 4 rings (SSSR count). The van der Waals surface area contributed by atoms with E-state index in [1.54, 1.807) is 18.2 Å². The van der Waals surface area contributed by atoms with Crippen molar-refractivity contribution in [2.75, 3.05) is 6.54 Å². The van der Waals surface area contributed by atoms with Crippen LogP contribution in [0.4, 0.5) is 0 Å². The Balaban J connectivity index is 1.31. The van der Waals surface area contributed by atoms with E-state index in [0.29, 0.717) is 17.0 Å². The molecule has 0 fully saturated rings. The topological polar surface area (TPSA) is 103 Å². The molecular weight excluding hydrogens is 382 g/mol. The molecule has 142 valence electrons. The minimum absolute atomic E-state index is 0.0450. The predicted octanol–water partition coefficient (Wildman–Crippen LogP) is 2.84. The third-order valence-electron chi connectivity index (χ3n) is 4.26. The second-order valence-corrected chi connectivity index (χ2v) is 7.03. The van der Waals surface area contributed by atoms with E-state index in [1.807, 2.05) is 23.8 Å². The number of hydrogen-bond acceptors (Lipinski definition) is 8. The molecule has 0 aliphatic carbocycles. The Bertz CT molecular complexity index is 1060. The van der Waals surface area contributed by atoms with Gasteiger partial charge in [-0.2, -0.15) is 16.3 Å². The predicted molar refractivity (Wildman–Crippen MR) is 98.6 cm³/mol. The van der Waals surface area contributed by atoms with Gasteiger partial charge in [-0.05, 0) is 30.5 Å². The van der Waals surface area contributed by atoms with Crippen molar-refractivity contribution in [3.05, 3.63) is 57.5 Å². The van der Waals surface area contributed by atoms with Gasteiger partial charge in [-0.1, -0.05) is 16.8 Å². The minimum atomic E-state index is -0.561. The van der Waals surface area contributed by atoms with Crippen molar-refractivity contribution in [1.82, 2.24) is 15.0 Å². The summed E-state index contributed by atoms with van der Waals surface area (Å²) < 4.78 is 10.2. The van der Waals surface area contributed by atoms with Gasteiger partial charge in [-0.15, -0.1) is 0 Å². The van der Waals surface area contributed by atoms with Crippen LogP contribution in [0, 0.1) is 6.92 Å². The first-order valence-electron chi connectivity index (χ1n) is 8.50. The first-order chi connectivity index (χ1) is 13.5. The Morgan fingerprint density at radius 1 is 1.21 bits per heavy atom. The van der Waals surface area contributed by atoms with Gasteiger partial charge in [0.2, 0.25) is 5.82 Å². The molecule has 1 aliphatic heterocycles. The summed E-state index contributed by atoms with van der Waals surface area (Å²) in [5, 5.41) is 7.52. The highest BCUT2D eigenvalue weighted by molar-refractivity contribution is 7.08. The number of amides is 2. The summed E-state index contributed by atoms with van der Waals surface area (Å²) in [6.45, 7) is 1.66. The summed E-state index contributed by atoms with van der Waals surface area (Å²) in [7, 11) is 0. The van der Waals surface area contributed by atoms with Crippen molar-refractivity contribution in [2.45, 2.75) is 20.0 Å². The Kier molecular flexibility index (Phi) is 4.74. The number of imide groups is 1. The lowest BCUT2D eigenvalue weighted by atomic mass is 10.1. The normalized spacial score (nSPS) is 13.1. The molecule has 0 unspecified atom stereocenters. The van der Waals surface area contributed by atoms with Gasteiger partial charge in [0.05, 0.1) is 23.1 Å². The number of rotatable bonds is 6. The van der Waals surface area contributed by atoms with E-state index in [0.717, 1.165) is 16.0 Å². The summed E-state index contributed by atoms with van der Waals surface area (Å²) in [6.07, 6.45) is -0.111. The average Bonchev–Trinajstić information content (AvgIpc) is 3.41. The van der Waals surface area contributed by atoms with Crippen LogP contribution in [0.3, 0.4) is 0 Å². The SMILES string of the molecule is Cc1ccc2c(c1)C(=O)N(CCC(=O)OCc1noc(-c3ccsc3)n1)C2=O. The van der Waals surface area contributed by atoms with Gasteiger partial charge < -0.3 is 9.26 Å². The second kappa shape index (κ2) is 7.35. The molecule has 0 atom stereocenters. The maximum atomic E-state index is 12.4. The number of ether oxygens (including phenoxy) is 1. The van der Waals surface area contributed by atoms with Crippen molar-refractivity contribution >= 4 is 29.1 Å². The molecule has 0 saturated carbocycles. The lowest BCUT2D eigenvalue weighted by molar-refractivity contribution is -0.145. The van der Waals surface area contributed by atoms with E-state index in [1.165, 1.54) is 11.3 Å². The highest BCUT2D eigenvalue weighted by Gasteiger charge is 2.35. The molecule has 0 bridgehead atoms. The number of hydrogen-bond donors (Lipinski definition) is 0. The highest BCUT2D eigenvalue weighted by atomic mass is 32.1. The molecule has 0 N–H and O–H groups in total. The first-order valence-corrected chi connectivity index (χ1v) is 9.45. The number of nitrogens with zero attached hydrogens (tertiary/aromatic N) is 3. The van der Waals surface area contributed by atoms with Gasteiger partial charge in [-0.3, -0.25) is 19.3 Å². The monoisotopic (exact) mass is 397 g/mol. The Labute approximate surface area is 163 Å². The van der Waals surface area contributed by atoms with E-state index < -0.39 is 17.8 Å². The van der Waals surface area contributed by atoms with Crippen molar-refractivity contribution < 1.29 is 23.6 Å². The quantitative estimate of drug-likeness (QED) is 0.465. The molecule has 0 saturated heterocycles. The van der Waals surface area contributed by atoms with Gasteiger partial charge in [0, 0.05) is 11.9 Å². The van der Waals surface area contributed by atoms with E-state index in [9.17, 15) is 14.4 Å². The second-order valence-electron chi connectivity index (χ2n) is 6.25. The Morgan fingerprint density at radius 3 is 2.82 bits per heavy atom. The summed E-state index contributed by atoms with van der Waals surface area (Å²) in [5.74, 6) is -0.754. The van der Waals surface area contributed by atoms with Crippen LogP contribution in [0.15, 0.2) is 39.5 Å². The number of aryl methyl sites for hydroxylation is 1. The molecule has 0 spiro atoms. The van der Waals surface area contributed by atoms with Crippen LogP contribution in [0.2, 0.25) is 0 Å². The zero-order valence-electron chi connectivity index (χ0n) is 14.9. The van der Waals surface area contributed by atoms with Crippen LogP contribution >= 0.6 is 11.3 Å². The van der Waals surface area contributed by atoms with Crippen molar-refractivity contribution in [2.24, 2.45) is 0 Å². The van der Waals surface area contributed by atoms with Crippen molar-refractivity contribution in [3.8, 4) is 11.5 Å². The van der Waals surface area contributed by atoms with Crippen LogP contribution in [0.1, 0.15) is 38.5 Å². The van der Waals surface area contributed by atoms with Crippen LogP contribution in [0.25, 0.3) is 11.5 Å². The molecule has 3 heterocycles. The van der Waals surface area contributed by atoms with Crippen LogP contribution < -0.4 is 0 Å². The van der Waals surface area contributed by atoms with E-state index in [2.05, 4.69) is 10.1 Å². The molecule has 0 radical (unpaired) electrons. The molecule has 1 aromatic carbocycles. The summed E-state index contributed by atoms with van der Waals surface area (Å²) in [4.78, 5) is 41.9. The average molecular weight is 397 g/mol. The molecule has 28 heavy (non-hydrogen) atoms. The van der Waals surface area contributed by atoms with Gasteiger partial charge in [0.15, 0.2) is 6.61 Å². The largest absolute Gasteiger partial charge is 0.457 e. The van der Waals surface area contributed by atoms with Crippen LogP contribution in [0.5, 0.6) is 0 Å². The molecule has 8 nitrogen and oxygen atoms in total. The third-order valence-corrected chi connectivity index (χ3v) is 4.95. The standard InChI is InChI=1S/C19H15N3O5S/c1-11-2-3-13-14(8-11)19(25)22(18(13)24)6-4-16(23)26-9-15-20-17(27-21-15)12-5-7-28-10-12/h2-3,5,7-8,10H,4,6,9H2,1H3. The molecule has 2 aromatic heterocycles. The summed E-state index contributed by atoms with van der Waals surface area (Å²) in [5.41, 5.74) is 2.42. The van der Waals surface area contributed by atoms with Crippen molar-refractivity contribution in [1.29, 1.82) is 0 Å². The maximum Gasteiger partial charge on any atom is 0.308 e. The highest BCUT2D eigenvalue weighted by Crippen LogP contribution is 2.24. The van der Waals surface area contributed by atoms with Gasteiger partial charge in [0.1, 0.15) is 0 Å². The smallest absolute Gasteiger partial charge is 0.308 e. The van der Waals surface area contributed by atoms with Gasteiger partial charge >= 0.3 is 5.97 Å². The lowest BCUT2D eigenvalue weighted by Gasteiger charge is -2.12. The molecule has 3 aromatic rings. The number of thiophene rings is 1. The number of esters is 1. The number of benzene rings is 1. The van der Waals surface area contributed by atoms with Gasteiger partial charge in [-0.25, -0.2) is 0 Å². The fourth-order valence-electron chi connectivity index (χ4n) is 2.84. The van der Waals surface area contributed by atoms with E-state index in [4.69, 9.17) is 9.26 Å². The summed E-state index contributed by atoms with van der Waals surface area (Å²) in [6, 6.07) is 6.92. The number of carbonyl (C=O) groups is 3. The number of fused-ring (bicyclic) bond motifs is 1. The molecule has 9 heteroatoms. The Morgan fingerprint density at radius 2 is 2.04 bits per heavy atom. The van der Waals surface area contributed by atoms with Crippen LogP contribution in [-0.2, 0) is 16.1 Å². The van der Waals surface area contributed by atoms with Crippen LogP contribution in [-0.4, -0.2) is 39.4 Å². The summed E-state index contributed by atoms with van der Waals surface area (Å²) >= 11 is 1.50. The first kappa shape index (κ1) is 18.1. The fraction of sp³-hybridized carbons (Fsp3) is 0.211. The number of carbonyl (C=O) groups excluding carboxylic acids is 3. The fourth-order valence-corrected chi connectivity index (χ4v) is 3.47. The third kappa shape index (κ3) is 3.44. The molecule has 1 aliphatic rings. The molecular formula is C19H15N3O5S. The minimum Gasteiger partial charge on any atom is -0.457 e. The lowest BCUT2D eigenvalue weighted by Crippen LogP contribution is -2.32. The maximum absolute atomic E-state index is 12.4. The van der Waals surface area contributed by atoms with E-state index in [-0.39, 0.29) is 25.4 Å².